The number of hydrogen-bond donors (Lipinski definition) is 5. The summed E-state index contributed by atoms with van der Waals surface area (Å²) in [6.45, 7) is 8.71. The number of ether oxygens (including phenoxy) is 1. The topological polar surface area (TPSA) is 140 Å². The van der Waals surface area contributed by atoms with Crippen molar-refractivity contribution in [1.29, 1.82) is 0 Å². The maximum absolute atomic E-state index is 13.7. The molecular formula is C29H40N2O7. The normalized spacial score (nSPS) is 31.7. The van der Waals surface area contributed by atoms with Crippen molar-refractivity contribution in [2.75, 3.05) is 20.2 Å². The predicted molar refractivity (Wildman–Crippen MR) is 140 cm³/mol. The molecule has 9 heteroatoms. The Morgan fingerprint density at radius 2 is 1.89 bits per heavy atom. The van der Waals surface area contributed by atoms with Gasteiger partial charge in [-0.05, 0) is 55.2 Å². The summed E-state index contributed by atoms with van der Waals surface area (Å²) in [4.78, 5) is 28.5. The van der Waals surface area contributed by atoms with Crippen LogP contribution in [0.2, 0.25) is 0 Å². The van der Waals surface area contributed by atoms with Gasteiger partial charge >= 0.3 is 5.97 Å². The molecule has 208 valence electrons. The molecular weight excluding hydrogens is 488 g/mol. The SMILES string of the molecule is COC(=O)C(NC(=O)C1=C(O)[C@H](C)[C@]23CCN(CC4CC4)[C@H](Cc4ccc(O)c(O)c42)[C@]3(O)C1)C(C)(C)C. The fourth-order valence-electron chi connectivity index (χ4n) is 7.38. The van der Waals surface area contributed by atoms with Gasteiger partial charge < -0.3 is 30.5 Å². The number of phenols is 2. The molecule has 1 heterocycles. The summed E-state index contributed by atoms with van der Waals surface area (Å²) in [5.74, 6) is -2.09. The lowest BCUT2D eigenvalue weighted by Crippen LogP contribution is -2.75. The first-order valence-corrected chi connectivity index (χ1v) is 13.6. The summed E-state index contributed by atoms with van der Waals surface area (Å²) >= 11 is 0. The minimum absolute atomic E-state index is 0.0372. The van der Waals surface area contributed by atoms with E-state index in [9.17, 15) is 30.0 Å². The fraction of sp³-hybridized carbons (Fsp3) is 0.655. The minimum atomic E-state index is -1.50. The first-order chi connectivity index (χ1) is 17.8. The van der Waals surface area contributed by atoms with E-state index in [1.165, 1.54) is 13.2 Å². The molecule has 4 aliphatic rings. The van der Waals surface area contributed by atoms with Crippen molar-refractivity contribution < 1.29 is 34.8 Å². The summed E-state index contributed by atoms with van der Waals surface area (Å²) in [7, 11) is 1.26. The lowest BCUT2D eigenvalue weighted by Gasteiger charge is -2.65. The van der Waals surface area contributed by atoms with Gasteiger partial charge in [-0.1, -0.05) is 33.8 Å². The molecule has 9 nitrogen and oxygen atoms in total. The van der Waals surface area contributed by atoms with E-state index < -0.39 is 40.3 Å². The third-order valence-electron chi connectivity index (χ3n) is 9.61. The zero-order valence-corrected chi connectivity index (χ0v) is 22.9. The Balaban J connectivity index is 1.62. The molecule has 1 aromatic rings. The zero-order chi connectivity index (χ0) is 27.8. The smallest absolute Gasteiger partial charge is 0.328 e. The van der Waals surface area contributed by atoms with E-state index in [0.717, 1.165) is 24.9 Å². The van der Waals surface area contributed by atoms with E-state index in [4.69, 9.17) is 4.74 Å². The quantitative estimate of drug-likeness (QED) is 0.290. The van der Waals surface area contributed by atoms with Gasteiger partial charge in [0.1, 0.15) is 11.8 Å². The summed E-state index contributed by atoms with van der Waals surface area (Å²) in [6, 6.07) is 1.96. The molecule has 1 saturated carbocycles. The van der Waals surface area contributed by atoms with Crippen molar-refractivity contribution >= 4 is 11.9 Å². The van der Waals surface area contributed by atoms with E-state index in [-0.39, 0.29) is 35.3 Å². The van der Waals surface area contributed by atoms with Crippen LogP contribution in [0.25, 0.3) is 0 Å². The first kappa shape index (κ1) is 26.8. The van der Waals surface area contributed by atoms with Crippen molar-refractivity contribution in [2.45, 2.75) is 82.9 Å². The second-order valence-corrected chi connectivity index (χ2v) is 12.8. The Labute approximate surface area is 223 Å². The molecule has 2 fully saturated rings. The monoisotopic (exact) mass is 528 g/mol. The highest BCUT2D eigenvalue weighted by Gasteiger charge is 2.69. The van der Waals surface area contributed by atoms with Crippen LogP contribution in [0, 0.1) is 17.3 Å². The third-order valence-corrected chi connectivity index (χ3v) is 9.61. The number of carbonyl (C=O) groups excluding carboxylic acids is 2. The molecule has 2 bridgehead atoms. The number of methoxy groups -OCH3 is 1. The average molecular weight is 529 g/mol. The molecule has 5 N–H and O–H groups in total. The molecule has 1 unspecified atom stereocenters. The molecule has 1 saturated heterocycles. The Bertz CT molecular complexity index is 1200. The van der Waals surface area contributed by atoms with Gasteiger partial charge in [-0.3, -0.25) is 9.69 Å². The highest BCUT2D eigenvalue weighted by Crippen LogP contribution is 2.63. The molecule has 38 heavy (non-hydrogen) atoms. The van der Waals surface area contributed by atoms with E-state index in [2.05, 4.69) is 10.2 Å². The van der Waals surface area contributed by atoms with E-state index in [1.807, 2.05) is 20.8 Å². The zero-order valence-electron chi connectivity index (χ0n) is 22.9. The lowest BCUT2D eigenvalue weighted by molar-refractivity contribution is -0.171. The fourth-order valence-corrected chi connectivity index (χ4v) is 7.38. The number of fused-ring (bicyclic) bond motifs is 1. The van der Waals surface area contributed by atoms with Crippen LogP contribution in [0.4, 0.5) is 0 Å². The maximum Gasteiger partial charge on any atom is 0.328 e. The Morgan fingerprint density at radius 1 is 1.21 bits per heavy atom. The number of aliphatic hydroxyl groups excluding tert-OH is 1. The van der Waals surface area contributed by atoms with E-state index >= 15 is 0 Å². The number of rotatable bonds is 5. The summed E-state index contributed by atoms with van der Waals surface area (Å²) in [5.41, 5.74) is -1.92. The van der Waals surface area contributed by atoms with E-state index in [1.54, 1.807) is 13.0 Å². The number of amides is 1. The number of esters is 1. The molecule has 3 aliphatic carbocycles. The summed E-state index contributed by atoms with van der Waals surface area (Å²) in [6.07, 6.45) is 3.06. The van der Waals surface area contributed by atoms with Gasteiger partial charge in [0.15, 0.2) is 11.5 Å². The lowest BCUT2D eigenvalue weighted by atomic mass is 9.46. The number of nitrogens with one attached hydrogen (secondary N) is 1. The van der Waals surface area contributed by atoms with Crippen molar-refractivity contribution in [3.63, 3.8) is 0 Å². The number of phenolic OH excluding ortho intramolecular Hbond substituents is 2. The number of aliphatic hydroxyl groups is 2. The molecule has 1 amide bonds. The Kier molecular flexibility index (Phi) is 6.26. The largest absolute Gasteiger partial charge is 0.512 e. The van der Waals surface area contributed by atoms with Crippen LogP contribution in [0.15, 0.2) is 23.5 Å². The molecule has 5 atom stereocenters. The molecule has 0 aromatic heterocycles. The van der Waals surface area contributed by atoms with Crippen LogP contribution < -0.4 is 5.32 Å². The van der Waals surface area contributed by atoms with Crippen molar-refractivity contribution in [3.8, 4) is 11.5 Å². The highest BCUT2D eigenvalue weighted by molar-refractivity contribution is 5.97. The van der Waals surface area contributed by atoms with Gasteiger partial charge in [0.2, 0.25) is 0 Å². The van der Waals surface area contributed by atoms with Gasteiger partial charge in [0.25, 0.3) is 5.91 Å². The maximum atomic E-state index is 13.7. The molecule has 1 aliphatic heterocycles. The third kappa shape index (κ3) is 3.80. The second kappa shape index (κ2) is 8.88. The standard InChI is InChI=1S/C29H40N2O7/c1-15-22(33)18(25(35)30-24(26(36)38-5)27(2,3)4)13-29(37)20-12-17-8-9-19(32)23(34)21(17)28(15,29)10-11-31(20)14-16-6-7-16/h8-9,15-16,20,24,32-34,37H,6-7,10-14H2,1-5H3,(H,30,35)/t15-,20+,24?,28+,29+/m0/s1. The van der Waals surface area contributed by atoms with Crippen LogP contribution in [0.1, 0.15) is 64.5 Å². The van der Waals surface area contributed by atoms with Crippen LogP contribution in [-0.2, 0) is 26.2 Å². The number of hydrogen-bond acceptors (Lipinski definition) is 8. The number of benzene rings is 1. The van der Waals surface area contributed by atoms with Crippen molar-refractivity contribution in [1.82, 2.24) is 10.2 Å². The number of likely N-dealkylation sites (tertiary alicyclic amines) is 1. The Hall–Kier alpha value is -2.78. The van der Waals surface area contributed by atoms with Crippen molar-refractivity contribution in [3.05, 3.63) is 34.6 Å². The van der Waals surface area contributed by atoms with Gasteiger partial charge in [0.05, 0.1) is 18.3 Å². The number of aromatic hydroxyl groups is 2. The van der Waals surface area contributed by atoms with Gasteiger partial charge in [0, 0.05) is 35.9 Å². The first-order valence-electron chi connectivity index (χ1n) is 13.6. The number of carbonyl (C=O) groups is 2. The highest BCUT2D eigenvalue weighted by atomic mass is 16.5. The average Bonchev–Trinajstić information content (AvgIpc) is 3.67. The van der Waals surface area contributed by atoms with Crippen LogP contribution >= 0.6 is 0 Å². The summed E-state index contributed by atoms with van der Waals surface area (Å²) in [5, 5.41) is 48.5. The predicted octanol–water partition coefficient (Wildman–Crippen LogP) is 2.66. The Morgan fingerprint density at radius 3 is 2.50 bits per heavy atom. The van der Waals surface area contributed by atoms with Gasteiger partial charge in [-0.25, -0.2) is 4.79 Å². The van der Waals surface area contributed by atoms with Crippen LogP contribution in [-0.4, -0.2) is 75.1 Å². The number of nitrogens with zero attached hydrogens (tertiary/aromatic N) is 1. The van der Waals surface area contributed by atoms with Crippen LogP contribution in [0.5, 0.6) is 11.5 Å². The van der Waals surface area contributed by atoms with Gasteiger partial charge in [-0.2, -0.15) is 0 Å². The van der Waals surface area contributed by atoms with Gasteiger partial charge in [-0.15, -0.1) is 0 Å². The summed E-state index contributed by atoms with van der Waals surface area (Å²) < 4.78 is 4.92. The van der Waals surface area contributed by atoms with E-state index in [0.29, 0.717) is 30.9 Å². The van der Waals surface area contributed by atoms with Crippen molar-refractivity contribution in [2.24, 2.45) is 17.3 Å². The molecule has 0 spiro atoms. The minimum Gasteiger partial charge on any atom is -0.512 e. The molecule has 0 radical (unpaired) electrons. The second-order valence-electron chi connectivity index (χ2n) is 12.8. The number of allylic oxidation sites excluding steroid dienone is 1. The molecule has 1 aromatic carbocycles. The molecule has 5 rings (SSSR count). The van der Waals surface area contributed by atoms with Crippen LogP contribution in [0.3, 0.4) is 0 Å². The number of piperidine rings is 1.